The molecular formula is C22H19NO4. The topological polar surface area (TPSA) is 89.6 Å². The summed E-state index contributed by atoms with van der Waals surface area (Å²) in [6.07, 6.45) is 3.70. The largest absolute Gasteiger partial charge is 0.482 e. The molecule has 0 aliphatic carbocycles. The van der Waals surface area contributed by atoms with E-state index < -0.39 is 17.5 Å². The van der Waals surface area contributed by atoms with Crippen molar-refractivity contribution in [1.82, 2.24) is 0 Å². The number of carbonyl (C=O) groups excluding carboxylic acids is 1. The van der Waals surface area contributed by atoms with Gasteiger partial charge in [0.15, 0.2) is 0 Å². The highest BCUT2D eigenvalue weighted by atomic mass is 16.5. The zero-order chi connectivity index (χ0) is 19.8. The second-order valence-electron chi connectivity index (χ2n) is 6.90. The van der Waals surface area contributed by atoms with Gasteiger partial charge in [0, 0.05) is 16.7 Å². The number of carboxylic acid groups (broad SMARTS) is 1. The third kappa shape index (κ3) is 3.70. The molecule has 0 atom stereocenters. The molecule has 0 saturated carbocycles. The Morgan fingerprint density at radius 2 is 1.93 bits per heavy atom. The van der Waals surface area contributed by atoms with Crippen LogP contribution in [0.25, 0.3) is 6.08 Å². The summed E-state index contributed by atoms with van der Waals surface area (Å²) in [6.45, 7) is 5.50. The van der Waals surface area contributed by atoms with E-state index in [2.05, 4.69) is 11.8 Å². The SMILES string of the molecule is Cc1cccc(C#Cc2cc3c(c(C(=O)O)c2)OC(C)(C)C=C3)c1C(N)=O. The molecule has 0 bridgehead atoms. The Balaban J connectivity index is 2.11. The minimum Gasteiger partial charge on any atom is -0.482 e. The number of ether oxygens (including phenoxy) is 1. The van der Waals surface area contributed by atoms with Crippen LogP contribution in [0.4, 0.5) is 0 Å². The minimum atomic E-state index is -1.09. The summed E-state index contributed by atoms with van der Waals surface area (Å²) in [6, 6.07) is 8.53. The Hall–Kier alpha value is -3.52. The number of nitrogens with two attached hydrogens (primary N) is 1. The van der Waals surface area contributed by atoms with Gasteiger partial charge in [-0.2, -0.15) is 0 Å². The molecule has 5 heteroatoms. The summed E-state index contributed by atoms with van der Waals surface area (Å²) in [5.74, 6) is 4.56. The van der Waals surface area contributed by atoms with Gasteiger partial charge in [-0.3, -0.25) is 4.79 Å². The molecule has 0 spiro atoms. The van der Waals surface area contributed by atoms with Crippen molar-refractivity contribution in [3.05, 3.63) is 69.8 Å². The molecule has 27 heavy (non-hydrogen) atoms. The predicted molar refractivity (Wildman–Crippen MR) is 103 cm³/mol. The molecule has 2 aromatic rings. The monoisotopic (exact) mass is 361 g/mol. The maximum absolute atomic E-state index is 11.7. The Bertz CT molecular complexity index is 1050. The van der Waals surface area contributed by atoms with Crippen molar-refractivity contribution in [3.8, 4) is 17.6 Å². The van der Waals surface area contributed by atoms with Crippen LogP contribution in [0.3, 0.4) is 0 Å². The highest BCUT2D eigenvalue weighted by Gasteiger charge is 2.26. The first-order valence-corrected chi connectivity index (χ1v) is 8.39. The normalized spacial score (nSPS) is 13.7. The minimum absolute atomic E-state index is 0.0496. The standard InChI is InChI=1S/C22H19NO4/c1-13-5-4-6-15(18(13)20(23)24)8-7-14-11-16-9-10-22(2,3)27-19(16)17(12-14)21(25)26/h4-6,9-12H,1-3H3,(H2,23,24)(H,25,26). The van der Waals surface area contributed by atoms with E-state index in [0.29, 0.717) is 28.0 Å². The lowest BCUT2D eigenvalue weighted by molar-refractivity contribution is 0.0684. The number of hydrogen-bond donors (Lipinski definition) is 2. The number of rotatable bonds is 2. The molecule has 1 amide bonds. The van der Waals surface area contributed by atoms with Gasteiger partial charge in [-0.15, -0.1) is 0 Å². The number of benzene rings is 2. The van der Waals surface area contributed by atoms with E-state index in [1.54, 1.807) is 31.2 Å². The number of carbonyl (C=O) groups is 2. The average molecular weight is 361 g/mol. The van der Waals surface area contributed by atoms with Crippen LogP contribution in [0.5, 0.6) is 5.75 Å². The summed E-state index contributed by atoms with van der Waals surface area (Å²) >= 11 is 0. The van der Waals surface area contributed by atoms with Crippen LogP contribution in [0, 0.1) is 18.8 Å². The first-order chi connectivity index (χ1) is 12.7. The highest BCUT2D eigenvalue weighted by Crippen LogP contribution is 2.35. The Morgan fingerprint density at radius 3 is 2.59 bits per heavy atom. The lowest BCUT2D eigenvalue weighted by Gasteiger charge is -2.28. The number of fused-ring (bicyclic) bond motifs is 1. The number of primary amides is 1. The van der Waals surface area contributed by atoms with Gasteiger partial charge >= 0.3 is 5.97 Å². The Kier molecular flexibility index (Phi) is 4.50. The number of aryl methyl sites for hydroxylation is 1. The van der Waals surface area contributed by atoms with Gasteiger partial charge < -0.3 is 15.6 Å². The molecule has 5 nitrogen and oxygen atoms in total. The second kappa shape index (κ2) is 6.65. The van der Waals surface area contributed by atoms with Crippen LogP contribution in [0.1, 0.15) is 56.8 Å². The number of aromatic carboxylic acids is 1. The van der Waals surface area contributed by atoms with Crippen molar-refractivity contribution < 1.29 is 19.4 Å². The number of hydrogen-bond acceptors (Lipinski definition) is 3. The summed E-state index contributed by atoms with van der Waals surface area (Å²) < 4.78 is 5.82. The fourth-order valence-corrected chi connectivity index (χ4v) is 2.95. The lowest BCUT2D eigenvalue weighted by Crippen LogP contribution is -2.28. The van der Waals surface area contributed by atoms with Crippen molar-refractivity contribution >= 4 is 18.0 Å². The second-order valence-corrected chi connectivity index (χ2v) is 6.90. The Morgan fingerprint density at radius 1 is 1.19 bits per heavy atom. The van der Waals surface area contributed by atoms with Gasteiger partial charge in [0.25, 0.3) is 0 Å². The molecule has 3 rings (SSSR count). The fraction of sp³-hybridized carbons (Fsp3) is 0.182. The van der Waals surface area contributed by atoms with E-state index in [-0.39, 0.29) is 5.56 Å². The third-order valence-corrected chi connectivity index (χ3v) is 4.24. The maximum atomic E-state index is 11.7. The van der Waals surface area contributed by atoms with Crippen LogP contribution < -0.4 is 10.5 Å². The van der Waals surface area contributed by atoms with Crippen molar-refractivity contribution in [2.24, 2.45) is 5.73 Å². The van der Waals surface area contributed by atoms with Crippen LogP contribution >= 0.6 is 0 Å². The van der Waals surface area contributed by atoms with E-state index in [9.17, 15) is 14.7 Å². The first kappa shape index (κ1) is 18.3. The summed E-state index contributed by atoms with van der Waals surface area (Å²) in [5, 5.41) is 9.56. The molecule has 136 valence electrons. The van der Waals surface area contributed by atoms with Gasteiger partial charge in [-0.1, -0.05) is 30.0 Å². The third-order valence-electron chi connectivity index (χ3n) is 4.24. The summed E-state index contributed by atoms with van der Waals surface area (Å²) in [7, 11) is 0. The van der Waals surface area contributed by atoms with Gasteiger partial charge in [-0.25, -0.2) is 4.79 Å². The van der Waals surface area contributed by atoms with Gasteiger partial charge in [-0.05, 0) is 50.6 Å². The maximum Gasteiger partial charge on any atom is 0.339 e. The van der Waals surface area contributed by atoms with Crippen molar-refractivity contribution in [2.75, 3.05) is 0 Å². The zero-order valence-electron chi connectivity index (χ0n) is 15.3. The number of amides is 1. The van der Waals surface area contributed by atoms with E-state index >= 15 is 0 Å². The van der Waals surface area contributed by atoms with Crippen LogP contribution in [0.15, 0.2) is 36.4 Å². The Labute approximate surface area is 157 Å². The molecule has 0 unspecified atom stereocenters. The van der Waals surface area contributed by atoms with Crippen molar-refractivity contribution in [3.63, 3.8) is 0 Å². The lowest BCUT2D eigenvalue weighted by atomic mass is 9.97. The molecule has 3 N–H and O–H groups in total. The van der Waals surface area contributed by atoms with E-state index in [0.717, 1.165) is 5.56 Å². The molecule has 1 aliphatic heterocycles. The summed E-state index contributed by atoms with van der Waals surface area (Å²) in [4.78, 5) is 23.4. The van der Waals surface area contributed by atoms with Crippen LogP contribution in [-0.4, -0.2) is 22.6 Å². The molecule has 0 fully saturated rings. The van der Waals surface area contributed by atoms with E-state index in [4.69, 9.17) is 10.5 Å². The molecular weight excluding hydrogens is 342 g/mol. The van der Waals surface area contributed by atoms with Gasteiger partial charge in [0.1, 0.15) is 16.9 Å². The molecule has 2 aromatic carbocycles. The predicted octanol–water partition coefficient (Wildman–Crippen LogP) is 3.38. The molecule has 0 aromatic heterocycles. The first-order valence-electron chi connectivity index (χ1n) is 8.39. The van der Waals surface area contributed by atoms with Crippen molar-refractivity contribution in [2.45, 2.75) is 26.4 Å². The molecule has 1 heterocycles. The molecule has 1 aliphatic rings. The molecule has 0 radical (unpaired) electrons. The average Bonchev–Trinajstić information content (AvgIpc) is 2.58. The number of carboxylic acids is 1. The van der Waals surface area contributed by atoms with Gasteiger partial charge in [0.05, 0.1) is 5.56 Å². The van der Waals surface area contributed by atoms with Crippen molar-refractivity contribution in [1.29, 1.82) is 0 Å². The molecule has 0 saturated heterocycles. The fourth-order valence-electron chi connectivity index (χ4n) is 2.95. The van der Waals surface area contributed by atoms with Crippen LogP contribution in [-0.2, 0) is 0 Å². The van der Waals surface area contributed by atoms with E-state index in [1.165, 1.54) is 6.07 Å². The quantitative estimate of drug-likeness (QED) is 0.803. The smallest absolute Gasteiger partial charge is 0.339 e. The van der Waals surface area contributed by atoms with Gasteiger partial charge in [0.2, 0.25) is 5.91 Å². The highest BCUT2D eigenvalue weighted by molar-refractivity contribution is 5.97. The zero-order valence-corrected chi connectivity index (χ0v) is 15.3. The summed E-state index contributed by atoms with van der Waals surface area (Å²) in [5.41, 5.74) is 7.70. The van der Waals surface area contributed by atoms with Crippen LogP contribution in [0.2, 0.25) is 0 Å². The van der Waals surface area contributed by atoms with E-state index in [1.807, 2.05) is 26.0 Å².